The lowest BCUT2D eigenvalue weighted by Gasteiger charge is -2.30. The Bertz CT molecular complexity index is 839. The normalized spacial score (nSPS) is 12.3. The summed E-state index contributed by atoms with van der Waals surface area (Å²) in [5, 5.41) is 3.33. The van der Waals surface area contributed by atoms with E-state index in [1.54, 1.807) is 24.1 Å². The van der Waals surface area contributed by atoms with Crippen LogP contribution >= 0.6 is 11.6 Å². The monoisotopic (exact) mass is 428 g/mol. The summed E-state index contributed by atoms with van der Waals surface area (Å²) in [5.41, 5.74) is 3.44. The van der Waals surface area contributed by atoms with Gasteiger partial charge in [-0.3, -0.25) is 9.59 Å². The van der Waals surface area contributed by atoms with Crippen LogP contribution in [-0.4, -0.2) is 29.8 Å². The van der Waals surface area contributed by atoms with Gasteiger partial charge < -0.3 is 10.2 Å². The van der Waals surface area contributed by atoms with Crippen molar-refractivity contribution in [2.45, 2.75) is 65.0 Å². The molecule has 162 valence electrons. The molecule has 0 saturated carbocycles. The largest absolute Gasteiger partial charge is 0.357 e. The van der Waals surface area contributed by atoms with Gasteiger partial charge in [0.2, 0.25) is 11.8 Å². The molecule has 0 bridgehead atoms. The number of amides is 2. The molecule has 2 rings (SSSR count). The van der Waals surface area contributed by atoms with E-state index in [9.17, 15) is 9.59 Å². The third-order valence-electron chi connectivity index (χ3n) is 5.35. The molecule has 0 fully saturated rings. The van der Waals surface area contributed by atoms with E-state index in [4.69, 9.17) is 11.6 Å². The molecule has 0 aliphatic heterocycles. The first kappa shape index (κ1) is 23.9. The number of halogens is 1. The van der Waals surface area contributed by atoms with Gasteiger partial charge in [-0.05, 0) is 47.1 Å². The van der Waals surface area contributed by atoms with Gasteiger partial charge in [0.1, 0.15) is 6.04 Å². The van der Waals surface area contributed by atoms with Gasteiger partial charge in [-0.2, -0.15) is 0 Å². The van der Waals surface area contributed by atoms with Crippen molar-refractivity contribution >= 4 is 23.4 Å². The second-order valence-corrected chi connectivity index (χ2v) is 9.07. The predicted molar refractivity (Wildman–Crippen MR) is 124 cm³/mol. The molecule has 2 amide bonds. The molecule has 4 nitrogen and oxygen atoms in total. The Labute approximate surface area is 185 Å². The number of carbonyl (C=O) groups excluding carboxylic acids is 2. The van der Waals surface area contributed by atoms with Crippen molar-refractivity contribution in [1.82, 2.24) is 10.2 Å². The van der Waals surface area contributed by atoms with Crippen molar-refractivity contribution in [3.63, 3.8) is 0 Å². The number of likely N-dealkylation sites (N-methyl/N-ethyl adjacent to an activating group) is 1. The molecule has 0 radical (unpaired) electrons. The summed E-state index contributed by atoms with van der Waals surface area (Å²) >= 11 is 5.99. The second-order valence-electron chi connectivity index (χ2n) is 8.63. The molecule has 1 N–H and O–H groups in total. The number of nitrogens with one attached hydrogen (secondary N) is 1. The molecule has 0 aliphatic rings. The highest BCUT2D eigenvalue weighted by Gasteiger charge is 2.27. The predicted octanol–water partition coefficient (Wildman–Crippen LogP) is 5.12. The van der Waals surface area contributed by atoms with Crippen molar-refractivity contribution in [2.24, 2.45) is 0 Å². The highest BCUT2D eigenvalue weighted by Crippen LogP contribution is 2.23. The number of carbonyl (C=O) groups is 2. The van der Waals surface area contributed by atoms with Crippen molar-refractivity contribution in [3.05, 3.63) is 70.2 Å². The van der Waals surface area contributed by atoms with Gasteiger partial charge in [0.25, 0.3) is 0 Å². The summed E-state index contributed by atoms with van der Waals surface area (Å²) in [6.45, 7) is 8.86. The van der Waals surface area contributed by atoms with Crippen molar-refractivity contribution in [1.29, 1.82) is 0 Å². The quantitative estimate of drug-likeness (QED) is 0.634. The lowest BCUT2D eigenvalue weighted by atomic mass is 9.86. The third kappa shape index (κ3) is 6.60. The zero-order valence-electron chi connectivity index (χ0n) is 18.7. The van der Waals surface area contributed by atoms with Crippen molar-refractivity contribution < 1.29 is 9.59 Å². The van der Waals surface area contributed by atoms with Gasteiger partial charge in [-0.25, -0.2) is 0 Å². The fourth-order valence-corrected chi connectivity index (χ4v) is 3.56. The van der Waals surface area contributed by atoms with Crippen LogP contribution in [0.1, 0.15) is 57.2 Å². The van der Waals surface area contributed by atoms with Crippen LogP contribution in [-0.2, 0) is 28.0 Å². The number of hydrogen-bond donors (Lipinski definition) is 1. The second kappa shape index (κ2) is 10.6. The number of benzene rings is 2. The van der Waals surface area contributed by atoms with Crippen LogP contribution in [0.4, 0.5) is 0 Å². The van der Waals surface area contributed by atoms with Gasteiger partial charge in [0.15, 0.2) is 0 Å². The molecule has 30 heavy (non-hydrogen) atoms. The van der Waals surface area contributed by atoms with Gasteiger partial charge in [0.05, 0.1) is 0 Å². The highest BCUT2D eigenvalue weighted by atomic mass is 35.5. The standard InChI is InChI=1S/C25H33ClN2O2/c1-6-22(24(30)27-5)28(17-19-9-14-21(26)15-10-19)23(29)16-11-18-7-12-20(13-8-18)25(2,3)4/h7-10,12-15,22H,6,11,16-17H2,1-5H3,(H,27,30). The molecule has 1 unspecified atom stereocenters. The maximum atomic E-state index is 13.2. The Morgan fingerprint density at radius 1 is 1.00 bits per heavy atom. The molecule has 0 aromatic heterocycles. The van der Waals surface area contributed by atoms with E-state index in [1.807, 2.05) is 19.1 Å². The summed E-state index contributed by atoms with van der Waals surface area (Å²) < 4.78 is 0. The Balaban J connectivity index is 2.14. The van der Waals surface area contributed by atoms with Gasteiger partial charge in [-0.1, -0.05) is 75.7 Å². The molecule has 2 aromatic carbocycles. The number of rotatable bonds is 8. The fraction of sp³-hybridized carbons (Fsp3) is 0.440. The summed E-state index contributed by atoms with van der Waals surface area (Å²) in [7, 11) is 1.60. The van der Waals surface area contributed by atoms with Crippen molar-refractivity contribution in [3.8, 4) is 0 Å². The molecular formula is C25H33ClN2O2. The molecular weight excluding hydrogens is 396 g/mol. The highest BCUT2D eigenvalue weighted by molar-refractivity contribution is 6.30. The van der Waals surface area contributed by atoms with Crippen LogP contribution in [0.5, 0.6) is 0 Å². The summed E-state index contributed by atoms with van der Waals surface area (Å²) in [5.74, 6) is -0.172. The zero-order chi connectivity index (χ0) is 22.3. The average molecular weight is 429 g/mol. The van der Waals surface area contributed by atoms with Crippen molar-refractivity contribution in [2.75, 3.05) is 7.05 Å². The van der Waals surface area contributed by atoms with E-state index in [0.29, 0.717) is 30.8 Å². The first-order chi connectivity index (χ1) is 14.2. The molecule has 0 spiro atoms. The number of aryl methyl sites for hydroxylation is 1. The lowest BCUT2D eigenvalue weighted by Crippen LogP contribution is -2.48. The van der Waals surface area contributed by atoms with Crippen LogP contribution in [0.3, 0.4) is 0 Å². The maximum Gasteiger partial charge on any atom is 0.242 e. The first-order valence-electron chi connectivity index (χ1n) is 10.5. The molecule has 0 saturated heterocycles. The summed E-state index contributed by atoms with van der Waals surface area (Å²) in [6.07, 6.45) is 1.56. The van der Waals surface area contributed by atoms with E-state index in [1.165, 1.54) is 5.56 Å². The minimum absolute atomic E-state index is 0.0275. The Hall–Kier alpha value is -2.33. The summed E-state index contributed by atoms with van der Waals surface area (Å²) in [4.78, 5) is 27.3. The fourth-order valence-electron chi connectivity index (χ4n) is 3.44. The first-order valence-corrected chi connectivity index (χ1v) is 10.9. The smallest absolute Gasteiger partial charge is 0.242 e. The Morgan fingerprint density at radius 2 is 1.57 bits per heavy atom. The minimum Gasteiger partial charge on any atom is -0.357 e. The van der Waals surface area contributed by atoms with Crippen LogP contribution in [0.25, 0.3) is 0 Å². The molecule has 0 aliphatic carbocycles. The van der Waals surface area contributed by atoms with Gasteiger partial charge in [0, 0.05) is 25.0 Å². The molecule has 5 heteroatoms. The number of hydrogen-bond acceptors (Lipinski definition) is 2. The van der Waals surface area contributed by atoms with Crippen LogP contribution in [0.2, 0.25) is 5.02 Å². The SMILES string of the molecule is CCC(C(=O)NC)N(Cc1ccc(Cl)cc1)C(=O)CCc1ccc(C(C)(C)C)cc1. The average Bonchev–Trinajstić information content (AvgIpc) is 2.72. The van der Waals surface area contributed by atoms with Crippen LogP contribution < -0.4 is 5.32 Å². The van der Waals surface area contributed by atoms with Gasteiger partial charge in [-0.15, -0.1) is 0 Å². The molecule has 0 heterocycles. The van der Waals surface area contributed by atoms with E-state index in [2.05, 4.69) is 50.4 Å². The molecule has 2 aromatic rings. The minimum atomic E-state index is -0.499. The van der Waals surface area contributed by atoms with E-state index >= 15 is 0 Å². The van der Waals surface area contributed by atoms with E-state index in [-0.39, 0.29) is 17.2 Å². The maximum absolute atomic E-state index is 13.2. The van der Waals surface area contributed by atoms with Crippen LogP contribution in [0.15, 0.2) is 48.5 Å². The topological polar surface area (TPSA) is 49.4 Å². The number of nitrogens with zero attached hydrogens (tertiary/aromatic N) is 1. The lowest BCUT2D eigenvalue weighted by molar-refractivity contribution is -0.141. The molecule has 1 atom stereocenters. The Morgan fingerprint density at radius 3 is 2.07 bits per heavy atom. The van der Waals surface area contributed by atoms with Gasteiger partial charge >= 0.3 is 0 Å². The zero-order valence-corrected chi connectivity index (χ0v) is 19.4. The van der Waals surface area contributed by atoms with E-state index < -0.39 is 6.04 Å². The van der Waals surface area contributed by atoms with Crippen LogP contribution in [0, 0.1) is 0 Å². The third-order valence-corrected chi connectivity index (χ3v) is 5.60. The summed E-state index contributed by atoms with van der Waals surface area (Å²) in [6, 6.07) is 15.3. The van der Waals surface area contributed by atoms with E-state index in [0.717, 1.165) is 11.1 Å². The Kier molecular flexibility index (Phi) is 8.48.